The molecule has 0 aliphatic carbocycles. The Morgan fingerprint density at radius 2 is 2.00 bits per heavy atom. The minimum absolute atomic E-state index is 0.262. The molecule has 1 saturated heterocycles. The largest absolute Gasteiger partial charge is 0.486 e. The van der Waals surface area contributed by atoms with Crippen molar-refractivity contribution in [2.24, 2.45) is 0 Å². The van der Waals surface area contributed by atoms with Gasteiger partial charge in [0.2, 0.25) is 5.91 Å². The van der Waals surface area contributed by atoms with Crippen LogP contribution in [0.15, 0.2) is 54.9 Å². The maximum atomic E-state index is 13.4. The van der Waals surface area contributed by atoms with Crippen LogP contribution in [-0.4, -0.2) is 80.2 Å². The van der Waals surface area contributed by atoms with Gasteiger partial charge in [-0.2, -0.15) is 0 Å². The number of urea groups is 1. The molecule has 3 heterocycles. The number of nitrogens with one attached hydrogen (secondary N) is 1. The lowest BCUT2D eigenvalue weighted by molar-refractivity contribution is -0.139. The topological polar surface area (TPSA) is 132 Å². The summed E-state index contributed by atoms with van der Waals surface area (Å²) in [6, 6.07) is 13.7. The highest BCUT2D eigenvalue weighted by molar-refractivity contribution is 6.09. The Bertz CT molecular complexity index is 1300. The molecule has 4 amide bonds. The Labute approximate surface area is 206 Å². The molecule has 0 unspecified atom stereocenters. The molecule has 0 radical (unpaired) electrons. The number of rotatable bonds is 7. The van der Waals surface area contributed by atoms with Crippen LogP contribution in [0.3, 0.4) is 0 Å². The van der Waals surface area contributed by atoms with Gasteiger partial charge >= 0.3 is 6.03 Å². The summed E-state index contributed by atoms with van der Waals surface area (Å²) in [5.41, 5.74) is -0.172. The first-order valence-electron chi connectivity index (χ1n) is 11.5. The smallest absolute Gasteiger partial charge is 0.325 e. The van der Waals surface area contributed by atoms with E-state index in [2.05, 4.69) is 20.8 Å². The number of fused-ring (bicyclic) bond motifs is 1. The number of benzene rings is 2. The SMILES string of the molecule is CCN(C[C@H]1COc2ccccc2O1)C(=O)CN1C(=O)N[C@](C)(c2cccc(-n3cnnn3)c2)C1=O. The minimum Gasteiger partial charge on any atom is -0.486 e. The molecule has 2 aromatic carbocycles. The first-order chi connectivity index (χ1) is 17.4. The monoisotopic (exact) mass is 491 g/mol. The second-order valence-electron chi connectivity index (χ2n) is 8.68. The van der Waals surface area contributed by atoms with Crippen LogP contribution in [0, 0.1) is 0 Å². The molecule has 1 fully saturated rings. The van der Waals surface area contributed by atoms with E-state index in [1.54, 1.807) is 36.1 Å². The third kappa shape index (κ3) is 4.21. The van der Waals surface area contributed by atoms with Gasteiger partial charge in [0.1, 0.15) is 25.0 Å². The molecule has 2 atom stereocenters. The average molecular weight is 492 g/mol. The Balaban J connectivity index is 1.28. The third-order valence-electron chi connectivity index (χ3n) is 6.33. The van der Waals surface area contributed by atoms with Crippen molar-refractivity contribution in [3.8, 4) is 17.2 Å². The summed E-state index contributed by atoms with van der Waals surface area (Å²) >= 11 is 0. The highest BCUT2D eigenvalue weighted by Gasteiger charge is 2.50. The zero-order valence-corrected chi connectivity index (χ0v) is 19.8. The van der Waals surface area contributed by atoms with Crippen molar-refractivity contribution in [1.82, 2.24) is 35.3 Å². The summed E-state index contributed by atoms with van der Waals surface area (Å²) in [6.07, 6.45) is 1.06. The van der Waals surface area contributed by atoms with Crippen molar-refractivity contribution < 1.29 is 23.9 Å². The molecule has 2 aliphatic rings. The number of amides is 4. The fraction of sp³-hybridized carbons (Fsp3) is 0.333. The van der Waals surface area contributed by atoms with Crippen LogP contribution in [0.4, 0.5) is 4.79 Å². The van der Waals surface area contributed by atoms with E-state index in [0.29, 0.717) is 35.9 Å². The normalized spacial score (nSPS) is 20.8. The molecular weight excluding hydrogens is 466 g/mol. The van der Waals surface area contributed by atoms with Crippen LogP contribution in [0.2, 0.25) is 0 Å². The zero-order valence-electron chi connectivity index (χ0n) is 19.8. The van der Waals surface area contributed by atoms with E-state index >= 15 is 0 Å². The molecule has 0 spiro atoms. The maximum Gasteiger partial charge on any atom is 0.325 e. The summed E-state index contributed by atoms with van der Waals surface area (Å²) < 4.78 is 13.1. The second kappa shape index (κ2) is 9.29. The van der Waals surface area contributed by atoms with Crippen LogP contribution in [-0.2, 0) is 15.1 Å². The summed E-state index contributed by atoms with van der Waals surface area (Å²) in [5.74, 6) is 0.393. The van der Waals surface area contributed by atoms with Gasteiger partial charge in [-0.25, -0.2) is 9.48 Å². The van der Waals surface area contributed by atoms with E-state index < -0.39 is 17.5 Å². The molecule has 5 rings (SSSR count). The van der Waals surface area contributed by atoms with Crippen molar-refractivity contribution in [3.05, 3.63) is 60.4 Å². The van der Waals surface area contributed by atoms with Gasteiger partial charge in [-0.05, 0) is 54.1 Å². The molecule has 12 nitrogen and oxygen atoms in total. The van der Waals surface area contributed by atoms with Gasteiger partial charge in [0.15, 0.2) is 17.6 Å². The molecule has 1 aromatic heterocycles. The number of hydrogen-bond acceptors (Lipinski definition) is 8. The molecule has 0 bridgehead atoms. The lowest BCUT2D eigenvalue weighted by Crippen LogP contribution is -2.48. The first-order valence-corrected chi connectivity index (χ1v) is 11.5. The predicted molar refractivity (Wildman–Crippen MR) is 125 cm³/mol. The van der Waals surface area contributed by atoms with E-state index in [1.807, 2.05) is 31.2 Å². The fourth-order valence-corrected chi connectivity index (χ4v) is 4.32. The van der Waals surface area contributed by atoms with Gasteiger partial charge in [0.05, 0.1) is 12.2 Å². The molecule has 12 heteroatoms. The second-order valence-corrected chi connectivity index (χ2v) is 8.68. The van der Waals surface area contributed by atoms with Gasteiger partial charge in [-0.3, -0.25) is 14.5 Å². The van der Waals surface area contributed by atoms with E-state index in [1.165, 1.54) is 11.0 Å². The number of likely N-dealkylation sites (N-methyl/N-ethyl adjacent to an activating group) is 1. The summed E-state index contributed by atoms with van der Waals surface area (Å²) in [4.78, 5) is 41.8. The number of nitrogens with zero attached hydrogens (tertiary/aromatic N) is 6. The van der Waals surface area contributed by atoms with E-state index in [0.717, 1.165) is 4.90 Å². The molecule has 186 valence electrons. The molecule has 0 saturated carbocycles. The third-order valence-corrected chi connectivity index (χ3v) is 6.33. The van der Waals surface area contributed by atoms with Gasteiger partial charge < -0.3 is 19.7 Å². The van der Waals surface area contributed by atoms with Crippen molar-refractivity contribution in [3.63, 3.8) is 0 Å². The van der Waals surface area contributed by atoms with E-state index in [4.69, 9.17) is 9.47 Å². The number of imide groups is 1. The number of carbonyl (C=O) groups excluding carboxylic acids is 3. The number of ether oxygens (including phenoxy) is 2. The lowest BCUT2D eigenvalue weighted by atomic mass is 9.91. The molecule has 1 N–H and O–H groups in total. The number of aromatic nitrogens is 4. The predicted octanol–water partition coefficient (Wildman–Crippen LogP) is 1.12. The van der Waals surface area contributed by atoms with Crippen molar-refractivity contribution in [2.75, 3.05) is 26.2 Å². The van der Waals surface area contributed by atoms with E-state index in [-0.39, 0.29) is 25.1 Å². The van der Waals surface area contributed by atoms with Crippen LogP contribution >= 0.6 is 0 Å². The summed E-state index contributed by atoms with van der Waals surface area (Å²) in [6.45, 7) is 3.99. The molecular formula is C24H25N7O5. The van der Waals surface area contributed by atoms with Gasteiger partial charge in [-0.1, -0.05) is 24.3 Å². The average Bonchev–Trinajstić information content (AvgIpc) is 3.51. The highest BCUT2D eigenvalue weighted by atomic mass is 16.6. The van der Waals surface area contributed by atoms with Crippen LogP contribution in [0.5, 0.6) is 11.5 Å². The quantitative estimate of drug-likeness (QED) is 0.487. The number of para-hydroxylation sites is 2. The summed E-state index contributed by atoms with van der Waals surface area (Å²) in [7, 11) is 0. The fourth-order valence-electron chi connectivity index (χ4n) is 4.32. The minimum atomic E-state index is -1.34. The molecule has 36 heavy (non-hydrogen) atoms. The lowest BCUT2D eigenvalue weighted by Gasteiger charge is -2.31. The Morgan fingerprint density at radius 3 is 2.75 bits per heavy atom. The van der Waals surface area contributed by atoms with Gasteiger partial charge in [-0.15, -0.1) is 5.10 Å². The van der Waals surface area contributed by atoms with Crippen LogP contribution < -0.4 is 14.8 Å². The zero-order chi connectivity index (χ0) is 25.3. The Morgan fingerprint density at radius 1 is 1.19 bits per heavy atom. The van der Waals surface area contributed by atoms with Crippen LogP contribution in [0.1, 0.15) is 19.4 Å². The number of hydrogen-bond donors (Lipinski definition) is 1. The van der Waals surface area contributed by atoms with Crippen molar-refractivity contribution in [1.29, 1.82) is 0 Å². The van der Waals surface area contributed by atoms with Crippen molar-refractivity contribution >= 4 is 17.8 Å². The maximum absolute atomic E-state index is 13.4. The highest BCUT2D eigenvalue weighted by Crippen LogP contribution is 2.32. The Kier molecular flexibility index (Phi) is 6.00. The Hall–Kier alpha value is -4.48. The summed E-state index contributed by atoms with van der Waals surface area (Å²) in [5, 5.41) is 13.8. The van der Waals surface area contributed by atoms with Gasteiger partial charge in [0, 0.05) is 6.54 Å². The first kappa shape index (κ1) is 23.3. The van der Waals surface area contributed by atoms with Gasteiger partial charge in [0.25, 0.3) is 5.91 Å². The molecule has 3 aromatic rings. The number of carbonyl (C=O) groups is 3. The van der Waals surface area contributed by atoms with Crippen LogP contribution in [0.25, 0.3) is 5.69 Å². The van der Waals surface area contributed by atoms with Crippen molar-refractivity contribution in [2.45, 2.75) is 25.5 Å². The standard InChI is InChI=1S/C24H25N7O5/c1-3-29(12-18-14-35-19-9-4-5-10-20(19)36-18)21(32)13-30-22(33)24(2,26-23(30)34)16-7-6-8-17(11-16)31-15-25-27-28-31/h4-11,15,18H,3,12-14H2,1-2H3,(H,26,34)/t18-,24+/m0/s1. The number of tetrazole rings is 1. The van der Waals surface area contributed by atoms with E-state index in [9.17, 15) is 14.4 Å². The molecule has 2 aliphatic heterocycles.